The molecule has 2 aromatic rings. The predicted molar refractivity (Wildman–Crippen MR) is 88.9 cm³/mol. The molecule has 0 amide bonds. The van der Waals surface area contributed by atoms with Gasteiger partial charge in [-0.25, -0.2) is 0 Å². The lowest BCUT2D eigenvalue weighted by molar-refractivity contribution is 0.765. The van der Waals surface area contributed by atoms with Gasteiger partial charge in [0.2, 0.25) is 0 Å². The van der Waals surface area contributed by atoms with Crippen molar-refractivity contribution < 1.29 is 0 Å². The largest absolute Gasteiger partial charge is 0.344 e. The molecule has 0 spiro atoms. The van der Waals surface area contributed by atoms with Gasteiger partial charge in [0.25, 0.3) is 0 Å². The van der Waals surface area contributed by atoms with E-state index in [2.05, 4.69) is 81.1 Å². The van der Waals surface area contributed by atoms with Crippen molar-refractivity contribution >= 4 is 0 Å². The number of hydrogen-bond acceptors (Lipinski definition) is 2. The van der Waals surface area contributed by atoms with Crippen molar-refractivity contribution in [3.63, 3.8) is 0 Å². The molecule has 0 saturated heterocycles. The van der Waals surface area contributed by atoms with Gasteiger partial charge in [-0.3, -0.25) is 0 Å². The summed E-state index contributed by atoms with van der Waals surface area (Å²) >= 11 is 0. The number of benzene rings is 2. The molecule has 0 saturated carbocycles. The molecule has 0 radical (unpaired) electrons. The van der Waals surface area contributed by atoms with Gasteiger partial charge in [-0.1, -0.05) is 86.7 Å². The Morgan fingerprint density at radius 3 is 1.30 bits per heavy atom. The molecule has 20 heavy (non-hydrogen) atoms. The minimum Gasteiger partial charge on any atom is -0.344 e. The third-order valence-electron chi connectivity index (χ3n) is 3.71. The molecule has 0 aliphatic carbocycles. The van der Waals surface area contributed by atoms with Crippen molar-refractivity contribution in [3.8, 4) is 0 Å². The Labute approximate surface area is 122 Å². The van der Waals surface area contributed by atoms with Crippen LogP contribution in [0.15, 0.2) is 72.8 Å². The van der Waals surface area contributed by atoms with Gasteiger partial charge in [0, 0.05) is 11.8 Å². The number of hydrogen-bond donors (Lipinski definition) is 2. The average Bonchev–Trinajstić information content (AvgIpc) is 2.47. The molecule has 2 nitrogen and oxygen atoms in total. The lowest BCUT2D eigenvalue weighted by Crippen LogP contribution is -2.05. The molecule has 2 atom stereocenters. The molecule has 0 aliphatic heterocycles. The minimum absolute atomic E-state index is 0. The van der Waals surface area contributed by atoms with Crippen LogP contribution in [-0.2, 0) is 0 Å². The summed E-state index contributed by atoms with van der Waals surface area (Å²) in [5.41, 5.74) is 3.95. The van der Waals surface area contributed by atoms with E-state index in [0.29, 0.717) is 11.8 Å². The fraction of sp³-hybridized carbons (Fsp3) is 0.222. The number of rotatable bonds is 4. The van der Waals surface area contributed by atoms with Gasteiger partial charge in [-0.2, -0.15) is 0 Å². The van der Waals surface area contributed by atoms with E-state index in [-0.39, 0.29) is 12.3 Å². The van der Waals surface area contributed by atoms with Gasteiger partial charge in [0.15, 0.2) is 0 Å². The smallest absolute Gasteiger partial charge is 0.00231 e. The molecule has 2 heteroatoms. The van der Waals surface area contributed by atoms with E-state index >= 15 is 0 Å². The maximum absolute atomic E-state index is 4.31. The molecule has 0 fully saturated rings. The van der Waals surface area contributed by atoms with Crippen LogP contribution in [0.1, 0.15) is 36.8 Å². The zero-order chi connectivity index (χ0) is 13.0. The monoisotopic (exact) mass is 270 g/mol. The first-order valence-corrected chi connectivity index (χ1v) is 6.48. The summed E-state index contributed by atoms with van der Waals surface area (Å²) in [5, 5.41) is 0. The van der Waals surface area contributed by atoms with E-state index in [1.54, 1.807) is 0 Å². The first-order valence-electron chi connectivity index (χ1n) is 6.48. The van der Waals surface area contributed by atoms with Crippen molar-refractivity contribution in [1.82, 2.24) is 12.3 Å². The fourth-order valence-corrected chi connectivity index (χ4v) is 2.29. The highest BCUT2D eigenvalue weighted by Gasteiger charge is 2.16. The van der Waals surface area contributed by atoms with Crippen molar-refractivity contribution in [2.45, 2.75) is 25.7 Å². The van der Waals surface area contributed by atoms with Crippen LogP contribution in [0.2, 0.25) is 0 Å². The summed E-state index contributed by atoms with van der Waals surface area (Å²) in [6, 6.07) is 21.2. The SMILES string of the molecule is C=C(C(C)c1ccccc1)C(C)c1ccccc1.N.N. The van der Waals surface area contributed by atoms with Gasteiger partial charge in [0.05, 0.1) is 0 Å². The lowest BCUT2D eigenvalue weighted by Gasteiger charge is -2.22. The molecule has 0 aliphatic rings. The molecule has 108 valence electrons. The second-order valence-corrected chi connectivity index (χ2v) is 4.84. The topological polar surface area (TPSA) is 70.0 Å². The minimum atomic E-state index is 0. The highest BCUT2D eigenvalue weighted by molar-refractivity contribution is 5.34. The Morgan fingerprint density at radius 1 is 0.700 bits per heavy atom. The van der Waals surface area contributed by atoms with Gasteiger partial charge in [-0.15, -0.1) is 0 Å². The highest BCUT2D eigenvalue weighted by atomic mass is 14.2. The summed E-state index contributed by atoms with van der Waals surface area (Å²) in [7, 11) is 0. The van der Waals surface area contributed by atoms with Crippen LogP contribution in [0, 0.1) is 0 Å². The standard InChI is InChI=1S/C18H20.2H3N/c1-14(15(2)17-10-6-4-7-11-17)16(3)18-12-8-5-9-13-18;;/h4-13,15-16H,1H2,2-3H3;2*1H3. The van der Waals surface area contributed by atoms with Crippen LogP contribution in [0.25, 0.3) is 0 Å². The van der Waals surface area contributed by atoms with Gasteiger partial charge >= 0.3 is 0 Å². The summed E-state index contributed by atoms with van der Waals surface area (Å²) in [6.45, 7) is 8.77. The van der Waals surface area contributed by atoms with Crippen LogP contribution >= 0.6 is 0 Å². The first kappa shape index (κ1) is 18.1. The van der Waals surface area contributed by atoms with Crippen molar-refractivity contribution in [2.75, 3.05) is 0 Å². The summed E-state index contributed by atoms with van der Waals surface area (Å²) in [4.78, 5) is 0. The van der Waals surface area contributed by atoms with E-state index in [1.165, 1.54) is 16.7 Å². The Kier molecular flexibility index (Phi) is 7.52. The third kappa shape index (κ3) is 4.05. The van der Waals surface area contributed by atoms with Crippen LogP contribution in [0.4, 0.5) is 0 Å². The van der Waals surface area contributed by atoms with Crippen LogP contribution in [0.3, 0.4) is 0 Å². The Morgan fingerprint density at radius 2 is 1.00 bits per heavy atom. The molecule has 2 unspecified atom stereocenters. The van der Waals surface area contributed by atoms with Crippen LogP contribution in [0.5, 0.6) is 0 Å². The van der Waals surface area contributed by atoms with E-state index < -0.39 is 0 Å². The highest BCUT2D eigenvalue weighted by Crippen LogP contribution is 2.33. The lowest BCUT2D eigenvalue weighted by atomic mass is 9.83. The fourth-order valence-electron chi connectivity index (χ4n) is 2.29. The maximum atomic E-state index is 4.31. The molecule has 2 rings (SSSR count). The van der Waals surface area contributed by atoms with Gasteiger partial charge in [-0.05, 0) is 11.1 Å². The zero-order valence-electron chi connectivity index (χ0n) is 12.5. The molecular formula is C18H26N2. The van der Waals surface area contributed by atoms with Crippen molar-refractivity contribution in [2.24, 2.45) is 0 Å². The van der Waals surface area contributed by atoms with Gasteiger partial charge in [0.1, 0.15) is 0 Å². The predicted octanol–water partition coefficient (Wildman–Crippen LogP) is 5.47. The van der Waals surface area contributed by atoms with E-state index in [1.807, 2.05) is 0 Å². The zero-order valence-corrected chi connectivity index (χ0v) is 12.5. The van der Waals surface area contributed by atoms with Gasteiger partial charge < -0.3 is 12.3 Å². The first-order chi connectivity index (χ1) is 8.70. The Balaban J connectivity index is 0.00000180. The second kappa shape index (κ2) is 8.31. The average molecular weight is 270 g/mol. The Hall–Kier alpha value is -1.90. The summed E-state index contributed by atoms with van der Waals surface area (Å²) < 4.78 is 0. The van der Waals surface area contributed by atoms with E-state index in [4.69, 9.17) is 0 Å². The normalized spacial score (nSPS) is 12.5. The summed E-state index contributed by atoms with van der Waals surface area (Å²) in [6.07, 6.45) is 0. The Bertz CT molecular complexity index is 458. The van der Waals surface area contributed by atoms with Crippen molar-refractivity contribution in [1.29, 1.82) is 0 Å². The number of allylic oxidation sites excluding steroid dienone is 1. The molecule has 0 bridgehead atoms. The second-order valence-electron chi connectivity index (χ2n) is 4.84. The third-order valence-corrected chi connectivity index (χ3v) is 3.71. The van der Waals surface area contributed by atoms with E-state index in [0.717, 1.165) is 0 Å². The molecule has 0 aromatic heterocycles. The molecule has 6 N–H and O–H groups in total. The molecule has 2 aromatic carbocycles. The van der Waals surface area contributed by atoms with Crippen molar-refractivity contribution in [3.05, 3.63) is 83.9 Å². The van der Waals surface area contributed by atoms with Crippen LogP contribution in [-0.4, -0.2) is 0 Å². The van der Waals surface area contributed by atoms with E-state index in [9.17, 15) is 0 Å². The molecular weight excluding hydrogens is 244 g/mol. The maximum Gasteiger partial charge on any atom is 0.00231 e. The quantitative estimate of drug-likeness (QED) is 0.723. The van der Waals surface area contributed by atoms with Crippen LogP contribution < -0.4 is 12.3 Å². The molecule has 0 heterocycles. The summed E-state index contributed by atoms with van der Waals surface area (Å²) in [5.74, 6) is 0.780.